The lowest BCUT2D eigenvalue weighted by atomic mass is 9.38. The van der Waals surface area contributed by atoms with Crippen LogP contribution in [0.3, 0.4) is 0 Å². The summed E-state index contributed by atoms with van der Waals surface area (Å²) in [5, 5.41) is 0. The van der Waals surface area contributed by atoms with Gasteiger partial charge in [-0.25, -0.2) is 0 Å². The molecule has 4 nitrogen and oxygen atoms in total. The maximum atomic E-state index is 14.1. The number of rotatable bonds is 1. The molecule has 192 valence electrons. The highest BCUT2D eigenvalue weighted by atomic mass is 79.9. The number of ether oxygens (including phenoxy) is 1. The fraction of sp³-hybridized carbons (Fsp3) is 0.767. The third kappa shape index (κ3) is 3.25. The Balaban J connectivity index is 1.65. The van der Waals surface area contributed by atoms with E-state index in [4.69, 9.17) is 4.74 Å². The zero-order valence-electron chi connectivity index (χ0n) is 22.4. The summed E-state index contributed by atoms with van der Waals surface area (Å²) in [5.74, 6) is 0.516. The summed E-state index contributed by atoms with van der Waals surface area (Å²) in [6.45, 7) is 13.3. The Hall–Kier alpha value is -1.23. The number of esters is 1. The van der Waals surface area contributed by atoms with Crippen molar-refractivity contribution in [1.82, 2.24) is 0 Å². The molecule has 0 heterocycles. The molecule has 0 radical (unpaired) electrons. The van der Waals surface area contributed by atoms with Crippen LogP contribution in [-0.2, 0) is 19.1 Å². The summed E-state index contributed by atoms with van der Waals surface area (Å²) in [6, 6.07) is 0. The van der Waals surface area contributed by atoms with Crippen LogP contribution < -0.4 is 0 Å². The smallest absolute Gasteiger partial charge is 0.312 e. The van der Waals surface area contributed by atoms with Gasteiger partial charge in [-0.2, -0.15) is 0 Å². The van der Waals surface area contributed by atoms with Gasteiger partial charge in [0.15, 0.2) is 11.6 Å². The van der Waals surface area contributed by atoms with Gasteiger partial charge in [-0.1, -0.05) is 53.2 Å². The monoisotopic (exact) mass is 544 g/mol. The number of hydrogen-bond acceptors (Lipinski definition) is 4. The second-order valence-electron chi connectivity index (χ2n) is 14.1. The van der Waals surface area contributed by atoms with Crippen molar-refractivity contribution in [2.24, 2.45) is 50.7 Å². The van der Waals surface area contributed by atoms with E-state index < -0.39 is 10.8 Å². The fourth-order valence-corrected chi connectivity index (χ4v) is 10.7. The van der Waals surface area contributed by atoms with Gasteiger partial charge < -0.3 is 4.74 Å². The molecule has 7 atom stereocenters. The Morgan fingerprint density at radius 2 is 1.66 bits per heavy atom. The molecule has 5 aliphatic rings. The van der Waals surface area contributed by atoms with Gasteiger partial charge in [-0.05, 0) is 95.5 Å². The molecule has 0 aromatic rings. The van der Waals surface area contributed by atoms with Crippen LogP contribution >= 0.6 is 15.9 Å². The van der Waals surface area contributed by atoms with Crippen molar-refractivity contribution in [2.45, 2.75) is 86.5 Å². The third-order valence-corrected chi connectivity index (χ3v) is 12.1. The summed E-state index contributed by atoms with van der Waals surface area (Å²) in [6.07, 6.45) is 10.4. The number of fused-ring (bicyclic) bond motifs is 7. The summed E-state index contributed by atoms with van der Waals surface area (Å²) >= 11 is 3.58. The van der Waals surface area contributed by atoms with Crippen molar-refractivity contribution >= 4 is 33.5 Å². The van der Waals surface area contributed by atoms with E-state index in [1.165, 1.54) is 12.7 Å². The zero-order chi connectivity index (χ0) is 25.8. The number of carbonyl (C=O) groups is 3. The molecule has 0 N–H and O–H groups in total. The average molecular weight is 546 g/mol. The summed E-state index contributed by atoms with van der Waals surface area (Å²) in [7, 11) is 1.50. The first kappa shape index (κ1) is 25.4. The first-order chi connectivity index (χ1) is 16.1. The van der Waals surface area contributed by atoms with Gasteiger partial charge in [0.2, 0.25) is 0 Å². The van der Waals surface area contributed by atoms with Crippen molar-refractivity contribution in [3.05, 3.63) is 22.2 Å². The molecule has 3 fully saturated rings. The van der Waals surface area contributed by atoms with Crippen LogP contribution in [0.4, 0.5) is 0 Å². The van der Waals surface area contributed by atoms with E-state index in [9.17, 15) is 14.4 Å². The predicted molar refractivity (Wildman–Crippen MR) is 140 cm³/mol. The van der Waals surface area contributed by atoms with Gasteiger partial charge in [0.25, 0.3) is 0 Å². The maximum absolute atomic E-state index is 14.1. The number of ketones is 2. The summed E-state index contributed by atoms with van der Waals surface area (Å²) in [4.78, 5) is 40.5. The molecule has 0 saturated heterocycles. The molecule has 7 unspecified atom stereocenters. The van der Waals surface area contributed by atoms with Crippen LogP contribution in [0, 0.1) is 50.7 Å². The zero-order valence-corrected chi connectivity index (χ0v) is 24.0. The lowest BCUT2D eigenvalue weighted by molar-refractivity contribution is -0.178. The van der Waals surface area contributed by atoms with E-state index >= 15 is 0 Å². The molecule has 5 aliphatic carbocycles. The van der Waals surface area contributed by atoms with E-state index in [0.29, 0.717) is 4.48 Å². The fourth-order valence-electron chi connectivity index (χ4n) is 9.67. The average Bonchev–Trinajstić information content (AvgIpc) is 2.77. The Morgan fingerprint density at radius 3 is 2.31 bits per heavy atom. The minimum atomic E-state index is -0.536. The van der Waals surface area contributed by atoms with Crippen molar-refractivity contribution in [1.29, 1.82) is 0 Å². The quantitative estimate of drug-likeness (QED) is 0.340. The topological polar surface area (TPSA) is 60.4 Å². The number of hydrogen-bond donors (Lipinski definition) is 0. The van der Waals surface area contributed by atoms with Gasteiger partial charge in [-0.15, -0.1) is 0 Å². The number of halogens is 1. The molecule has 0 aromatic heterocycles. The Labute approximate surface area is 218 Å². The highest BCUT2D eigenvalue weighted by Gasteiger charge is 2.67. The normalized spacial score (nSPS) is 45.7. The number of allylic oxidation sites excluding steroid dienone is 4. The van der Waals surface area contributed by atoms with Crippen molar-refractivity contribution < 1.29 is 19.1 Å². The molecule has 5 rings (SSSR count). The second kappa shape index (κ2) is 7.65. The number of methoxy groups -OCH3 is 1. The minimum absolute atomic E-state index is 0.0248. The predicted octanol–water partition coefficient (Wildman–Crippen LogP) is 6.82. The number of carbonyl (C=O) groups excluding carboxylic acids is 3. The molecule has 5 heteroatoms. The molecule has 35 heavy (non-hydrogen) atoms. The summed E-state index contributed by atoms with van der Waals surface area (Å²) < 4.78 is 6.03. The Morgan fingerprint density at radius 1 is 0.971 bits per heavy atom. The van der Waals surface area contributed by atoms with Crippen LogP contribution in [0.25, 0.3) is 0 Å². The Kier molecular flexibility index (Phi) is 5.55. The van der Waals surface area contributed by atoms with E-state index in [2.05, 4.69) is 63.5 Å². The Bertz CT molecular complexity index is 1070. The standard InChI is InChI=1S/C30H41BrO4/c1-26(2)12-13-30(25(34)35-7)11-8-17-23(18(30)15-26)20(32)14-22-28(17,5)10-9-21-27(3,4)24(33)19(31)16-29(21,22)6/h14,16-18,21,23H,8-13,15H2,1-7H3. The van der Waals surface area contributed by atoms with Crippen LogP contribution in [0.15, 0.2) is 22.2 Å². The first-order valence-electron chi connectivity index (χ1n) is 13.4. The van der Waals surface area contributed by atoms with Crippen LogP contribution in [0.5, 0.6) is 0 Å². The molecular formula is C30H41BrO4. The molecule has 0 spiro atoms. The van der Waals surface area contributed by atoms with Gasteiger partial charge in [0.05, 0.1) is 17.0 Å². The van der Waals surface area contributed by atoms with E-state index in [1.807, 2.05) is 6.08 Å². The van der Waals surface area contributed by atoms with Crippen LogP contribution in [0.2, 0.25) is 0 Å². The molecule has 0 bridgehead atoms. The maximum Gasteiger partial charge on any atom is 0.312 e. The largest absolute Gasteiger partial charge is 0.469 e. The summed E-state index contributed by atoms with van der Waals surface area (Å²) in [5.41, 5.74) is -0.150. The first-order valence-corrected chi connectivity index (χ1v) is 14.2. The van der Waals surface area contributed by atoms with Gasteiger partial charge in [-0.3, -0.25) is 14.4 Å². The van der Waals surface area contributed by atoms with Gasteiger partial charge in [0, 0.05) is 16.7 Å². The highest BCUT2D eigenvalue weighted by Crippen LogP contribution is 2.70. The molecule has 0 aliphatic heterocycles. The van der Waals surface area contributed by atoms with Crippen molar-refractivity contribution in [3.8, 4) is 0 Å². The van der Waals surface area contributed by atoms with Crippen LogP contribution in [-0.4, -0.2) is 24.6 Å². The number of Topliss-reactive ketones (excluding diaryl/α,β-unsaturated/α-hetero) is 1. The van der Waals surface area contributed by atoms with Crippen molar-refractivity contribution in [2.75, 3.05) is 7.11 Å². The van der Waals surface area contributed by atoms with Gasteiger partial charge in [0.1, 0.15) is 0 Å². The molecule has 0 aromatic carbocycles. The van der Waals surface area contributed by atoms with Crippen molar-refractivity contribution in [3.63, 3.8) is 0 Å². The molecule has 0 amide bonds. The molecular weight excluding hydrogens is 504 g/mol. The van der Waals surface area contributed by atoms with E-state index in [-0.39, 0.29) is 57.5 Å². The third-order valence-electron chi connectivity index (χ3n) is 11.5. The highest BCUT2D eigenvalue weighted by molar-refractivity contribution is 9.12. The SMILES string of the molecule is COC(=O)C12CCC3C(C(=O)C=C4C5(C)C=C(Br)C(=O)C(C)(C)C5CCC43C)C1CC(C)(C)CC2. The van der Waals surface area contributed by atoms with E-state index in [1.54, 1.807) is 0 Å². The lowest BCUT2D eigenvalue weighted by Crippen LogP contribution is -2.61. The van der Waals surface area contributed by atoms with E-state index in [0.717, 1.165) is 44.9 Å². The minimum Gasteiger partial charge on any atom is -0.469 e. The van der Waals surface area contributed by atoms with Gasteiger partial charge >= 0.3 is 5.97 Å². The van der Waals surface area contributed by atoms with Crippen LogP contribution in [0.1, 0.15) is 86.5 Å². The second-order valence-corrected chi connectivity index (χ2v) is 14.9. The molecule has 3 saturated carbocycles. The lowest BCUT2D eigenvalue weighted by Gasteiger charge is -2.64.